The lowest BCUT2D eigenvalue weighted by molar-refractivity contribution is 0.101. The highest BCUT2D eigenvalue weighted by molar-refractivity contribution is 6.00. The first-order valence-electron chi connectivity index (χ1n) is 4.69. The Morgan fingerprint density at radius 1 is 1.07 bits per heavy atom. The molecule has 14 heavy (non-hydrogen) atoms. The van der Waals surface area contributed by atoms with E-state index in [1.165, 1.54) is 5.39 Å². The van der Waals surface area contributed by atoms with Gasteiger partial charge in [0.05, 0.1) is 0 Å². The Balaban J connectivity index is 2.77. The predicted octanol–water partition coefficient (Wildman–Crippen LogP) is 3.35. The van der Waals surface area contributed by atoms with Crippen LogP contribution in [-0.4, -0.2) is 5.78 Å². The molecule has 2 aromatic rings. The molecule has 0 aromatic heterocycles. The second-order valence-electron chi connectivity index (χ2n) is 3.57. The van der Waals surface area contributed by atoms with Gasteiger partial charge >= 0.3 is 0 Å². The third kappa shape index (κ3) is 1.41. The number of Topliss-reactive ketones (excluding diaryl/α,β-unsaturated/α-hetero) is 1. The van der Waals surface area contributed by atoms with E-state index in [2.05, 4.69) is 12.1 Å². The van der Waals surface area contributed by atoms with Gasteiger partial charge in [0.25, 0.3) is 0 Å². The maximum Gasteiger partial charge on any atom is 0.160 e. The maximum absolute atomic E-state index is 11.3. The van der Waals surface area contributed by atoms with Crippen LogP contribution in [0.1, 0.15) is 22.8 Å². The number of carbonyl (C=O) groups is 1. The van der Waals surface area contributed by atoms with E-state index in [0.29, 0.717) is 0 Å². The monoisotopic (exact) mass is 184 g/mol. The molecule has 2 aromatic carbocycles. The molecular formula is C13H12O. The van der Waals surface area contributed by atoms with Crippen molar-refractivity contribution in [2.45, 2.75) is 13.8 Å². The van der Waals surface area contributed by atoms with Gasteiger partial charge in [0, 0.05) is 5.56 Å². The summed E-state index contributed by atoms with van der Waals surface area (Å²) in [4.78, 5) is 11.3. The van der Waals surface area contributed by atoms with Crippen molar-refractivity contribution in [1.82, 2.24) is 0 Å². The average Bonchev–Trinajstić information content (AvgIpc) is 2.16. The van der Waals surface area contributed by atoms with Gasteiger partial charge in [-0.3, -0.25) is 4.79 Å². The van der Waals surface area contributed by atoms with Crippen molar-refractivity contribution in [3.8, 4) is 0 Å². The number of rotatable bonds is 1. The van der Waals surface area contributed by atoms with Gasteiger partial charge in [-0.2, -0.15) is 0 Å². The Morgan fingerprint density at radius 2 is 1.64 bits per heavy atom. The Hall–Kier alpha value is -1.63. The van der Waals surface area contributed by atoms with Crippen LogP contribution in [0, 0.1) is 6.92 Å². The molecule has 1 heteroatoms. The fourth-order valence-corrected chi connectivity index (χ4v) is 1.73. The fourth-order valence-electron chi connectivity index (χ4n) is 1.73. The van der Waals surface area contributed by atoms with Crippen molar-refractivity contribution in [1.29, 1.82) is 0 Å². The summed E-state index contributed by atoms with van der Waals surface area (Å²) in [6.07, 6.45) is 0. The van der Waals surface area contributed by atoms with Crippen molar-refractivity contribution >= 4 is 16.6 Å². The molecule has 1 nitrogen and oxygen atoms in total. The van der Waals surface area contributed by atoms with E-state index >= 15 is 0 Å². The van der Waals surface area contributed by atoms with Crippen LogP contribution in [0.15, 0.2) is 36.4 Å². The summed E-state index contributed by atoms with van der Waals surface area (Å²) in [6, 6.07) is 12.1. The van der Waals surface area contributed by atoms with Gasteiger partial charge in [-0.1, -0.05) is 30.3 Å². The molecule has 0 unspecified atom stereocenters. The van der Waals surface area contributed by atoms with Crippen LogP contribution in [0.3, 0.4) is 0 Å². The Bertz CT molecular complexity index is 498. The summed E-state index contributed by atoms with van der Waals surface area (Å²) in [7, 11) is 0. The van der Waals surface area contributed by atoms with Crippen molar-refractivity contribution < 1.29 is 4.79 Å². The van der Waals surface area contributed by atoms with Gasteiger partial charge in [0.1, 0.15) is 0 Å². The molecule has 0 aliphatic rings. The van der Waals surface area contributed by atoms with Crippen molar-refractivity contribution in [3.05, 3.63) is 47.5 Å². The van der Waals surface area contributed by atoms with Crippen molar-refractivity contribution in [2.75, 3.05) is 0 Å². The molecule has 0 aliphatic heterocycles. The molecule has 2 rings (SSSR count). The summed E-state index contributed by atoms with van der Waals surface area (Å²) in [5, 5.41) is 2.32. The molecule has 0 fully saturated rings. The molecule has 0 saturated carbocycles. The topological polar surface area (TPSA) is 17.1 Å². The smallest absolute Gasteiger partial charge is 0.160 e. The summed E-state index contributed by atoms with van der Waals surface area (Å²) in [5.41, 5.74) is 1.87. The lowest BCUT2D eigenvalue weighted by Gasteiger charge is -2.04. The molecule has 70 valence electrons. The van der Waals surface area contributed by atoms with Crippen LogP contribution in [0.5, 0.6) is 0 Å². The molecule has 0 N–H and O–H groups in total. The minimum absolute atomic E-state index is 0.133. The maximum atomic E-state index is 11.3. The quantitative estimate of drug-likeness (QED) is 0.621. The van der Waals surface area contributed by atoms with E-state index < -0.39 is 0 Å². The number of hydrogen-bond acceptors (Lipinski definition) is 1. The van der Waals surface area contributed by atoms with E-state index in [1.807, 2.05) is 31.2 Å². The van der Waals surface area contributed by atoms with Gasteiger partial charge in [0.15, 0.2) is 5.78 Å². The molecule has 0 amide bonds. The molecule has 0 spiro atoms. The number of hydrogen-bond donors (Lipinski definition) is 0. The molecule has 0 radical (unpaired) electrons. The standard InChI is InChI=1S/C13H12O/c1-9-7-11-5-3-4-6-12(11)8-13(9)10(2)14/h3-8H,1-2H3. The van der Waals surface area contributed by atoms with Crippen LogP contribution >= 0.6 is 0 Å². The lowest BCUT2D eigenvalue weighted by Crippen LogP contribution is -1.95. The van der Waals surface area contributed by atoms with Crippen molar-refractivity contribution in [2.24, 2.45) is 0 Å². The van der Waals surface area contributed by atoms with Crippen LogP contribution in [0.25, 0.3) is 10.8 Å². The third-order valence-electron chi connectivity index (χ3n) is 2.47. The highest BCUT2D eigenvalue weighted by Gasteiger charge is 2.04. The van der Waals surface area contributed by atoms with Gasteiger partial charge in [0.2, 0.25) is 0 Å². The lowest BCUT2D eigenvalue weighted by atomic mass is 10.00. The van der Waals surface area contributed by atoms with Crippen LogP contribution in [-0.2, 0) is 0 Å². The second-order valence-corrected chi connectivity index (χ2v) is 3.57. The van der Waals surface area contributed by atoms with Gasteiger partial charge in [-0.25, -0.2) is 0 Å². The van der Waals surface area contributed by atoms with Gasteiger partial charge < -0.3 is 0 Å². The summed E-state index contributed by atoms with van der Waals surface area (Å²) >= 11 is 0. The molecule has 0 aliphatic carbocycles. The minimum atomic E-state index is 0.133. The van der Waals surface area contributed by atoms with Gasteiger partial charge in [-0.15, -0.1) is 0 Å². The molecular weight excluding hydrogens is 172 g/mol. The fraction of sp³-hybridized carbons (Fsp3) is 0.154. The first-order chi connectivity index (χ1) is 6.68. The van der Waals surface area contributed by atoms with Gasteiger partial charge in [-0.05, 0) is 36.2 Å². The number of carbonyl (C=O) groups excluding carboxylic acids is 1. The Labute approximate surface area is 83.4 Å². The first kappa shape index (κ1) is 8.95. The predicted molar refractivity (Wildman–Crippen MR) is 58.7 cm³/mol. The van der Waals surface area contributed by atoms with Crippen molar-refractivity contribution in [3.63, 3.8) is 0 Å². The van der Waals surface area contributed by atoms with E-state index in [0.717, 1.165) is 16.5 Å². The zero-order valence-electron chi connectivity index (χ0n) is 8.37. The zero-order chi connectivity index (χ0) is 10.1. The zero-order valence-corrected chi connectivity index (χ0v) is 8.37. The number of ketones is 1. The average molecular weight is 184 g/mol. The van der Waals surface area contributed by atoms with E-state index in [4.69, 9.17) is 0 Å². The third-order valence-corrected chi connectivity index (χ3v) is 2.47. The number of fused-ring (bicyclic) bond motifs is 1. The SMILES string of the molecule is CC(=O)c1cc2ccccc2cc1C. The molecule has 0 saturated heterocycles. The van der Waals surface area contributed by atoms with Crippen LogP contribution in [0.4, 0.5) is 0 Å². The van der Waals surface area contributed by atoms with E-state index in [9.17, 15) is 4.79 Å². The van der Waals surface area contributed by atoms with E-state index in [1.54, 1.807) is 6.92 Å². The van der Waals surface area contributed by atoms with Crippen LogP contribution in [0.2, 0.25) is 0 Å². The van der Waals surface area contributed by atoms with E-state index in [-0.39, 0.29) is 5.78 Å². The largest absolute Gasteiger partial charge is 0.295 e. The Kier molecular flexibility index (Phi) is 2.08. The first-order valence-corrected chi connectivity index (χ1v) is 4.69. The summed E-state index contributed by atoms with van der Waals surface area (Å²) in [6.45, 7) is 3.58. The highest BCUT2D eigenvalue weighted by Crippen LogP contribution is 2.19. The molecule has 0 heterocycles. The molecule has 0 bridgehead atoms. The normalized spacial score (nSPS) is 10.4. The number of benzene rings is 2. The summed E-state index contributed by atoms with van der Waals surface area (Å²) in [5.74, 6) is 0.133. The molecule has 0 atom stereocenters. The summed E-state index contributed by atoms with van der Waals surface area (Å²) < 4.78 is 0. The Morgan fingerprint density at radius 3 is 2.21 bits per heavy atom. The highest BCUT2D eigenvalue weighted by atomic mass is 16.1. The van der Waals surface area contributed by atoms with Crippen LogP contribution < -0.4 is 0 Å². The number of aryl methyl sites for hydroxylation is 1. The second kappa shape index (κ2) is 3.26. The minimum Gasteiger partial charge on any atom is -0.295 e.